The number of aryl methyl sites for hydroxylation is 1. The molecule has 1 amide bonds. The molecule has 1 atom stereocenters. The second-order valence-electron chi connectivity index (χ2n) is 9.75. The maximum atomic E-state index is 13.0. The number of ether oxygens (including phenoxy) is 2. The number of aromatic nitrogens is 5. The summed E-state index contributed by atoms with van der Waals surface area (Å²) in [6, 6.07) is 15.9. The standard InChI is InChI=1S/C27H31N7O3/c1-32-23-6-4-3-5-21(23)26(30-32)27(35)28-19-11-13-33(14-12-19)15-22-24-17-37-25(16-34(24)31-29-22)18-7-9-20(36-2)10-8-18/h3-10,19,25H,11-17H2,1-2H3,(H,28,35)/t25-/m0/s1. The van der Waals surface area contributed by atoms with Crippen LogP contribution in [0.4, 0.5) is 0 Å². The third-order valence-corrected chi connectivity index (χ3v) is 7.43. The van der Waals surface area contributed by atoms with Gasteiger partial charge in [0.05, 0.1) is 31.5 Å². The van der Waals surface area contributed by atoms with Crippen molar-refractivity contribution in [3.63, 3.8) is 0 Å². The van der Waals surface area contributed by atoms with E-state index in [0.717, 1.165) is 66.1 Å². The van der Waals surface area contributed by atoms with E-state index in [4.69, 9.17) is 9.47 Å². The molecule has 0 radical (unpaired) electrons. The molecule has 10 heteroatoms. The van der Waals surface area contributed by atoms with Crippen LogP contribution in [0, 0.1) is 0 Å². The molecule has 2 aromatic carbocycles. The van der Waals surface area contributed by atoms with Crippen molar-refractivity contribution in [2.45, 2.75) is 44.7 Å². The zero-order valence-electron chi connectivity index (χ0n) is 21.1. The number of piperidine rings is 1. The summed E-state index contributed by atoms with van der Waals surface area (Å²) in [6.07, 6.45) is 1.72. The Bertz CT molecular complexity index is 1400. The van der Waals surface area contributed by atoms with Gasteiger partial charge in [0.15, 0.2) is 5.69 Å². The molecule has 4 heterocycles. The van der Waals surface area contributed by atoms with Crippen molar-refractivity contribution in [1.82, 2.24) is 35.0 Å². The van der Waals surface area contributed by atoms with E-state index < -0.39 is 0 Å². The predicted octanol–water partition coefficient (Wildman–Crippen LogP) is 2.84. The molecule has 192 valence electrons. The van der Waals surface area contributed by atoms with Crippen LogP contribution in [0.3, 0.4) is 0 Å². The van der Waals surface area contributed by atoms with Crippen LogP contribution in [-0.4, -0.2) is 61.8 Å². The summed E-state index contributed by atoms with van der Waals surface area (Å²) in [4.78, 5) is 15.3. The number of carbonyl (C=O) groups excluding carboxylic acids is 1. The van der Waals surface area contributed by atoms with Crippen molar-refractivity contribution in [1.29, 1.82) is 0 Å². The largest absolute Gasteiger partial charge is 0.497 e. The number of para-hydroxylation sites is 1. The Morgan fingerprint density at radius 3 is 2.70 bits per heavy atom. The third-order valence-electron chi connectivity index (χ3n) is 7.43. The van der Waals surface area contributed by atoms with Crippen LogP contribution in [0.15, 0.2) is 48.5 Å². The lowest BCUT2D eigenvalue weighted by Crippen LogP contribution is -2.44. The lowest BCUT2D eigenvalue weighted by atomic mass is 10.0. The number of hydrogen-bond donors (Lipinski definition) is 1. The Labute approximate surface area is 215 Å². The van der Waals surface area contributed by atoms with Gasteiger partial charge in [-0.05, 0) is 36.6 Å². The highest BCUT2D eigenvalue weighted by atomic mass is 16.5. The Morgan fingerprint density at radius 2 is 1.92 bits per heavy atom. The maximum Gasteiger partial charge on any atom is 0.272 e. The van der Waals surface area contributed by atoms with E-state index in [1.54, 1.807) is 11.8 Å². The van der Waals surface area contributed by atoms with Gasteiger partial charge in [-0.2, -0.15) is 5.10 Å². The molecule has 1 saturated heterocycles. The quantitative estimate of drug-likeness (QED) is 0.434. The molecule has 1 N–H and O–H groups in total. The first-order valence-corrected chi connectivity index (χ1v) is 12.7. The molecule has 0 saturated carbocycles. The molecule has 0 aliphatic carbocycles. The Hall–Kier alpha value is -3.76. The molecule has 37 heavy (non-hydrogen) atoms. The molecular formula is C27H31N7O3. The summed E-state index contributed by atoms with van der Waals surface area (Å²) in [7, 11) is 3.53. The average Bonchev–Trinajstić information content (AvgIpc) is 3.50. The van der Waals surface area contributed by atoms with Crippen LogP contribution in [0.2, 0.25) is 0 Å². The normalized spacial score (nSPS) is 18.6. The maximum absolute atomic E-state index is 13.0. The molecule has 4 aromatic rings. The number of likely N-dealkylation sites (tertiary alicyclic amines) is 1. The first kappa shape index (κ1) is 23.6. The number of benzene rings is 2. The lowest BCUT2D eigenvalue weighted by molar-refractivity contribution is -0.00218. The summed E-state index contributed by atoms with van der Waals surface area (Å²) >= 11 is 0. The Kier molecular flexibility index (Phi) is 6.35. The van der Waals surface area contributed by atoms with Crippen molar-refractivity contribution >= 4 is 16.8 Å². The minimum atomic E-state index is -0.105. The number of carbonyl (C=O) groups is 1. The van der Waals surface area contributed by atoms with E-state index in [1.807, 2.05) is 60.3 Å². The van der Waals surface area contributed by atoms with Gasteiger partial charge in [0.25, 0.3) is 5.91 Å². The van der Waals surface area contributed by atoms with Crippen molar-refractivity contribution in [2.75, 3.05) is 20.2 Å². The fourth-order valence-corrected chi connectivity index (χ4v) is 5.29. The third kappa shape index (κ3) is 4.70. The van der Waals surface area contributed by atoms with E-state index in [1.165, 1.54) is 0 Å². The zero-order valence-corrected chi connectivity index (χ0v) is 21.1. The number of rotatable bonds is 6. The SMILES string of the molecule is COc1ccc([C@@H]2Cn3nnc(CN4CCC(NC(=O)c5nn(C)c6ccccc56)CC4)c3CO2)cc1. The van der Waals surface area contributed by atoms with Crippen LogP contribution in [0.5, 0.6) is 5.75 Å². The Balaban J connectivity index is 1.03. The van der Waals surface area contributed by atoms with E-state index in [-0.39, 0.29) is 18.1 Å². The van der Waals surface area contributed by atoms with Crippen LogP contribution >= 0.6 is 0 Å². The van der Waals surface area contributed by atoms with E-state index in [2.05, 4.69) is 25.6 Å². The highest BCUT2D eigenvalue weighted by molar-refractivity contribution is 6.04. The lowest BCUT2D eigenvalue weighted by Gasteiger charge is -2.32. The number of nitrogens with one attached hydrogen (secondary N) is 1. The minimum Gasteiger partial charge on any atom is -0.497 e. The summed E-state index contributed by atoms with van der Waals surface area (Å²) in [5.74, 6) is 0.725. The molecule has 2 aromatic heterocycles. The molecular weight excluding hydrogens is 470 g/mol. The number of hydrogen-bond acceptors (Lipinski definition) is 7. The zero-order chi connectivity index (χ0) is 25.4. The predicted molar refractivity (Wildman–Crippen MR) is 137 cm³/mol. The van der Waals surface area contributed by atoms with Crippen molar-refractivity contribution in [3.8, 4) is 5.75 Å². The minimum absolute atomic E-state index is 0.0523. The van der Waals surface area contributed by atoms with Gasteiger partial charge in [0, 0.05) is 38.1 Å². The van der Waals surface area contributed by atoms with Crippen LogP contribution < -0.4 is 10.1 Å². The van der Waals surface area contributed by atoms with Crippen LogP contribution in [0.25, 0.3) is 10.9 Å². The van der Waals surface area contributed by atoms with Crippen molar-refractivity contribution < 1.29 is 14.3 Å². The summed E-state index contributed by atoms with van der Waals surface area (Å²) in [6.45, 7) is 3.64. The molecule has 2 aliphatic heterocycles. The second-order valence-corrected chi connectivity index (χ2v) is 9.75. The van der Waals surface area contributed by atoms with Gasteiger partial charge in [-0.3, -0.25) is 14.4 Å². The summed E-state index contributed by atoms with van der Waals surface area (Å²) in [5.41, 5.74) is 4.56. The van der Waals surface area contributed by atoms with Gasteiger partial charge in [-0.15, -0.1) is 5.10 Å². The molecule has 10 nitrogen and oxygen atoms in total. The van der Waals surface area contributed by atoms with E-state index in [0.29, 0.717) is 18.8 Å². The highest BCUT2D eigenvalue weighted by Crippen LogP contribution is 2.29. The molecule has 0 bridgehead atoms. The van der Waals surface area contributed by atoms with Gasteiger partial charge >= 0.3 is 0 Å². The molecule has 2 aliphatic rings. The molecule has 0 spiro atoms. The summed E-state index contributed by atoms with van der Waals surface area (Å²) < 4.78 is 15.2. The first-order chi connectivity index (χ1) is 18.1. The molecule has 6 rings (SSSR count). The first-order valence-electron chi connectivity index (χ1n) is 12.7. The summed E-state index contributed by atoms with van der Waals surface area (Å²) in [5, 5.41) is 17.4. The number of nitrogens with zero attached hydrogens (tertiary/aromatic N) is 6. The number of amides is 1. The second kappa shape index (κ2) is 9.95. The average molecular weight is 502 g/mol. The van der Waals surface area contributed by atoms with Gasteiger partial charge in [0.1, 0.15) is 17.5 Å². The topological polar surface area (TPSA) is 99.3 Å². The van der Waals surface area contributed by atoms with Crippen molar-refractivity contribution in [2.24, 2.45) is 7.05 Å². The van der Waals surface area contributed by atoms with Crippen LogP contribution in [0.1, 0.15) is 46.4 Å². The highest BCUT2D eigenvalue weighted by Gasteiger charge is 2.28. The smallest absolute Gasteiger partial charge is 0.272 e. The van der Waals surface area contributed by atoms with Crippen LogP contribution in [-0.2, 0) is 31.5 Å². The van der Waals surface area contributed by atoms with Crippen molar-refractivity contribution in [3.05, 3.63) is 71.2 Å². The van der Waals surface area contributed by atoms with Gasteiger partial charge in [-0.1, -0.05) is 35.5 Å². The molecule has 1 fully saturated rings. The number of methoxy groups -OCH3 is 1. The van der Waals surface area contributed by atoms with Gasteiger partial charge in [-0.25, -0.2) is 4.68 Å². The number of fused-ring (bicyclic) bond motifs is 2. The Morgan fingerprint density at radius 1 is 1.14 bits per heavy atom. The molecule has 0 unspecified atom stereocenters. The van der Waals surface area contributed by atoms with E-state index >= 15 is 0 Å². The van der Waals surface area contributed by atoms with Gasteiger partial charge in [0.2, 0.25) is 0 Å². The fraction of sp³-hybridized carbons (Fsp3) is 0.407. The monoisotopic (exact) mass is 501 g/mol. The van der Waals surface area contributed by atoms with Gasteiger partial charge < -0.3 is 14.8 Å². The fourth-order valence-electron chi connectivity index (χ4n) is 5.29. The van der Waals surface area contributed by atoms with E-state index in [9.17, 15) is 4.79 Å².